The highest BCUT2D eigenvalue weighted by molar-refractivity contribution is 5.99. The van der Waals surface area contributed by atoms with Gasteiger partial charge in [-0.3, -0.25) is 9.59 Å². The van der Waals surface area contributed by atoms with Crippen LogP contribution in [0.3, 0.4) is 0 Å². The SMILES string of the molecule is CC1(C)C[C@@H]1C(=O)Nc1cccc(C(=O)N2CCCCC2C(=O)O)c1. The maximum Gasteiger partial charge on any atom is 0.326 e. The number of likely N-dealkylation sites (tertiary alicyclic amines) is 1. The third-order valence-corrected chi connectivity index (χ3v) is 5.26. The number of carbonyl (C=O) groups is 3. The fourth-order valence-electron chi connectivity index (χ4n) is 3.47. The van der Waals surface area contributed by atoms with Crippen molar-refractivity contribution in [1.29, 1.82) is 0 Å². The van der Waals surface area contributed by atoms with Gasteiger partial charge in [-0.25, -0.2) is 4.79 Å². The van der Waals surface area contributed by atoms with Crippen molar-refractivity contribution in [1.82, 2.24) is 4.90 Å². The summed E-state index contributed by atoms with van der Waals surface area (Å²) in [5.74, 6) is -1.29. The maximum absolute atomic E-state index is 12.8. The fraction of sp³-hybridized carbons (Fsp3) is 0.526. The molecule has 2 amide bonds. The van der Waals surface area contributed by atoms with Crippen molar-refractivity contribution in [3.8, 4) is 0 Å². The molecule has 2 aliphatic rings. The summed E-state index contributed by atoms with van der Waals surface area (Å²) in [7, 11) is 0. The van der Waals surface area contributed by atoms with Gasteiger partial charge in [0.05, 0.1) is 0 Å². The number of amides is 2. The molecular formula is C19H24N2O4. The van der Waals surface area contributed by atoms with Gasteiger partial charge in [0.25, 0.3) is 5.91 Å². The second kappa shape index (κ2) is 6.50. The molecule has 2 fully saturated rings. The molecule has 1 heterocycles. The van der Waals surface area contributed by atoms with Crippen LogP contribution in [0.2, 0.25) is 0 Å². The Labute approximate surface area is 147 Å². The molecule has 3 rings (SSSR count). The Morgan fingerprint density at radius 1 is 1.24 bits per heavy atom. The van der Waals surface area contributed by atoms with Gasteiger partial charge in [-0.15, -0.1) is 0 Å². The number of carbonyl (C=O) groups excluding carboxylic acids is 2. The summed E-state index contributed by atoms with van der Waals surface area (Å²) < 4.78 is 0. The average molecular weight is 344 g/mol. The summed E-state index contributed by atoms with van der Waals surface area (Å²) in [4.78, 5) is 37.8. The number of piperidine rings is 1. The first kappa shape index (κ1) is 17.5. The molecule has 134 valence electrons. The number of aliphatic carboxylic acids is 1. The van der Waals surface area contributed by atoms with Crippen LogP contribution in [0.25, 0.3) is 0 Å². The van der Waals surface area contributed by atoms with E-state index >= 15 is 0 Å². The van der Waals surface area contributed by atoms with Crippen molar-refractivity contribution >= 4 is 23.5 Å². The zero-order valence-corrected chi connectivity index (χ0v) is 14.6. The van der Waals surface area contributed by atoms with Crippen molar-refractivity contribution in [2.75, 3.05) is 11.9 Å². The lowest BCUT2D eigenvalue weighted by molar-refractivity contribution is -0.143. The zero-order valence-electron chi connectivity index (χ0n) is 14.6. The molecule has 0 aromatic heterocycles. The summed E-state index contributed by atoms with van der Waals surface area (Å²) >= 11 is 0. The normalized spacial score (nSPS) is 24.5. The van der Waals surface area contributed by atoms with Gasteiger partial charge in [0.15, 0.2) is 0 Å². The van der Waals surface area contributed by atoms with Crippen LogP contribution >= 0.6 is 0 Å². The van der Waals surface area contributed by atoms with Gasteiger partial charge in [-0.1, -0.05) is 19.9 Å². The molecule has 1 aromatic rings. The van der Waals surface area contributed by atoms with E-state index in [2.05, 4.69) is 19.2 Å². The fourth-order valence-corrected chi connectivity index (χ4v) is 3.47. The first-order valence-electron chi connectivity index (χ1n) is 8.74. The predicted molar refractivity (Wildman–Crippen MR) is 93.3 cm³/mol. The van der Waals surface area contributed by atoms with E-state index in [0.29, 0.717) is 24.2 Å². The number of benzene rings is 1. The first-order valence-corrected chi connectivity index (χ1v) is 8.74. The molecule has 25 heavy (non-hydrogen) atoms. The Kier molecular flexibility index (Phi) is 4.54. The van der Waals surface area contributed by atoms with Gasteiger partial charge in [-0.05, 0) is 49.3 Å². The molecule has 0 radical (unpaired) electrons. The lowest BCUT2D eigenvalue weighted by Gasteiger charge is -2.33. The molecule has 2 N–H and O–H groups in total. The molecule has 0 spiro atoms. The molecule has 6 nitrogen and oxygen atoms in total. The van der Waals surface area contributed by atoms with Crippen LogP contribution in [0.15, 0.2) is 24.3 Å². The van der Waals surface area contributed by atoms with Crippen molar-refractivity contribution < 1.29 is 19.5 Å². The van der Waals surface area contributed by atoms with E-state index in [4.69, 9.17) is 0 Å². The largest absolute Gasteiger partial charge is 0.480 e. The van der Waals surface area contributed by atoms with Crippen molar-refractivity contribution in [3.63, 3.8) is 0 Å². The second-order valence-corrected chi connectivity index (χ2v) is 7.66. The molecule has 6 heteroatoms. The number of rotatable bonds is 4. The molecule has 1 aromatic carbocycles. The number of anilines is 1. The van der Waals surface area contributed by atoms with Crippen LogP contribution in [0.5, 0.6) is 0 Å². The van der Waals surface area contributed by atoms with Crippen molar-refractivity contribution in [2.45, 2.75) is 45.6 Å². The maximum atomic E-state index is 12.8. The van der Waals surface area contributed by atoms with E-state index in [1.165, 1.54) is 4.90 Å². The third-order valence-electron chi connectivity index (χ3n) is 5.26. The summed E-state index contributed by atoms with van der Waals surface area (Å²) in [6, 6.07) is 5.97. The Morgan fingerprint density at radius 3 is 2.60 bits per heavy atom. The molecule has 1 saturated heterocycles. The minimum absolute atomic E-state index is 0.00495. The van der Waals surface area contributed by atoms with E-state index in [1.54, 1.807) is 24.3 Å². The standard InChI is InChI=1S/C19H24N2O4/c1-19(2)11-14(19)16(22)20-13-7-5-6-12(10-13)17(23)21-9-4-3-8-15(21)18(24)25/h5-7,10,14-15H,3-4,8-9,11H2,1-2H3,(H,20,22)(H,24,25)/t14-,15?/m1/s1. The highest BCUT2D eigenvalue weighted by Crippen LogP contribution is 2.52. The third kappa shape index (κ3) is 3.67. The monoisotopic (exact) mass is 344 g/mol. The van der Waals surface area contributed by atoms with Crippen LogP contribution in [0, 0.1) is 11.3 Å². The lowest BCUT2D eigenvalue weighted by Crippen LogP contribution is -2.48. The van der Waals surface area contributed by atoms with Crippen LogP contribution in [-0.2, 0) is 9.59 Å². The van der Waals surface area contributed by atoms with Crippen LogP contribution in [0.1, 0.15) is 49.9 Å². The minimum atomic E-state index is -0.964. The first-order chi connectivity index (χ1) is 11.8. The second-order valence-electron chi connectivity index (χ2n) is 7.66. The summed E-state index contributed by atoms with van der Waals surface area (Å²) in [6.45, 7) is 4.56. The van der Waals surface area contributed by atoms with Gasteiger partial charge in [0, 0.05) is 23.7 Å². The minimum Gasteiger partial charge on any atom is -0.480 e. The van der Waals surface area contributed by atoms with Gasteiger partial charge in [0.1, 0.15) is 6.04 Å². The number of hydrogen-bond donors (Lipinski definition) is 2. The molecule has 1 aliphatic carbocycles. The lowest BCUT2D eigenvalue weighted by atomic mass is 10.0. The Morgan fingerprint density at radius 2 is 1.96 bits per heavy atom. The van der Waals surface area contributed by atoms with Gasteiger partial charge >= 0.3 is 5.97 Å². The molecular weight excluding hydrogens is 320 g/mol. The summed E-state index contributed by atoms with van der Waals surface area (Å²) in [5, 5.41) is 12.2. The van der Waals surface area contributed by atoms with Crippen molar-refractivity contribution in [3.05, 3.63) is 29.8 Å². The van der Waals surface area contributed by atoms with E-state index < -0.39 is 12.0 Å². The summed E-state index contributed by atoms with van der Waals surface area (Å²) in [5.41, 5.74) is 1.02. The Balaban J connectivity index is 1.73. The Hall–Kier alpha value is -2.37. The van der Waals surface area contributed by atoms with E-state index in [-0.39, 0.29) is 23.1 Å². The van der Waals surface area contributed by atoms with E-state index in [9.17, 15) is 19.5 Å². The molecule has 1 unspecified atom stereocenters. The predicted octanol–water partition coefficient (Wildman–Crippen LogP) is 2.75. The zero-order chi connectivity index (χ0) is 18.2. The number of nitrogens with zero attached hydrogens (tertiary/aromatic N) is 1. The average Bonchev–Trinajstić information content (AvgIpc) is 3.23. The number of carboxylic acid groups (broad SMARTS) is 1. The quantitative estimate of drug-likeness (QED) is 0.879. The van der Waals surface area contributed by atoms with Crippen LogP contribution in [-0.4, -0.2) is 40.4 Å². The summed E-state index contributed by atoms with van der Waals surface area (Å²) in [6.07, 6.45) is 2.97. The van der Waals surface area contributed by atoms with E-state index in [0.717, 1.165) is 19.3 Å². The van der Waals surface area contributed by atoms with Gasteiger partial charge in [-0.2, -0.15) is 0 Å². The molecule has 1 saturated carbocycles. The van der Waals surface area contributed by atoms with E-state index in [1.807, 2.05) is 0 Å². The van der Waals surface area contributed by atoms with Gasteiger partial charge in [0.2, 0.25) is 5.91 Å². The number of nitrogens with one attached hydrogen (secondary N) is 1. The molecule has 0 bridgehead atoms. The number of carboxylic acids is 1. The topological polar surface area (TPSA) is 86.7 Å². The van der Waals surface area contributed by atoms with Crippen LogP contribution < -0.4 is 5.32 Å². The highest BCUT2D eigenvalue weighted by Gasteiger charge is 2.50. The number of hydrogen-bond acceptors (Lipinski definition) is 3. The Bertz CT molecular complexity index is 713. The molecule has 2 atom stereocenters. The van der Waals surface area contributed by atoms with Gasteiger partial charge < -0.3 is 15.3 Å². The smallest absolute Gasteiger partial charge is 0.326 e. The van der Waals surface area contributed by atoms with Crippen molar-refractivity contribution in [2.24, 2.45) is 11.3 Å². The highest BCUT2D eigenvalue weighted by atomic mass is 16.4. The van der Waals surface area contributed by atoms with Crippen LogP contribution in [0.4, 0.5) is 5.69 Å². The molecule has 1 aliphatic heterocycles.